The zero-order valence-electron chi connectivity index (χ0n) is 11.7. The van der Waals surface area contributed by atoms with Crippen LogP contribution in [-0.2, 0) is 4.74 Å². The standard InChI is InChI=1S/C14H28N2O/c1-14(2,3)13-10-16(7-4-6-15-13)9-12-5-8-17-11-12/h12-13,15H,4-11H2,1-3H3. The Kier molecular flexibility index (Phi) is 4.45. The second-order valence-corrected chi connectivity index (χ2v) is 6.72. The highest BCUT2D eigenvalue weighted by Gasteiger charge is 2.29. The second-order valence-electron chi connectivity index (χ2n) is 6.72. The second kappa shape index (κ2) is 5.68. The summed E-state index contributed by atoms with van der Waals surface area (Å²) in [7, 11) is 0. The minimum Gasteiger partial charge on any atom is -0.381 e. The summed E-state index contributed by atoms with van der Waals surface area (Å²) >= 11 is 0. The fraction of sp³-hybridized carbons (Fsp3) is 1.00. The van der Waals surface area contributed by atoms with Crippen LogP contribution in [0.3, 0.4) is 0 Å². The summed E-state index contributed by atoms with van der Waals surface area (Å²) in [4.78, 5) is 2.65. The molecule has 3 nitrogen and oxygen atoms in total. The Labute approximate surface area is 106 Å². The van der Waals surface area contributed by atoms with Crippen molar-refractivity contribution in [2.24, 2.45) is 11.3 Å². The summed E-state index contributed by atoms with van der Waals surface area (Å²) in [6.07, 6.45) is 2.53. The maximum atomic E-state index is 5.48. The molecule has 0 aromatic heterocycles. The van der Waals surface area contributed by atoms with Gasteiger partial charge in [-0.2, -0.15) is 0 Å². The Hall–Kier alpha value is -0.120. The number of nitrogens with zero attached hydrogens (tertiary/aromatic N) is 1. The average Bonchev–Trinajstić information content (AvgIpc) is 2.61. The molecule has 3 heteroatoms. The van der Waals surface area contributed by atoms with E-state index in [1.54, 1.807) is 0 Å². The smallest absolute Gasteiger partial charge is 0.0507 e. The number of rotatable bonds is 2. The summed E-state index contributed by atoms with van der Waals surface area (Å²) in [5.74, 6) is 0.772. The molecule has 2 rings (SSSR count). The van der Waals surface area contributed by atoms with Gasteiger partial charge in [0.15, 0.2) is 0 Å². The van der Waals surface area contributed by atoms with Crippen molar-refractivity contribution in [1.82, 2.24) is 10.2 Å². The molecule has 0 bridgehead atoms. The van der Waals surface area contributed by atoms with E-state index in [1.807, 2.05) is 0 Å². The lowest BCUT2D eigenvalue weighted by Crippen LogP contribution is -2.47. The van der Waals surface area contributed by atoms with Crippen molar-refractivity contribution in [3.63, 3.8) is 0 Å². The first-order valence-electron chi connectivity index (χ1n) is 7.09. The first-order chi connectivity index (χ1) is 8.05. The molecule has 2 saturated heterocycles. The lowest BCUT2D eigenvalue weighted by molar-refractivity contribution is 0.153. The van der Waals surface area contributed by atoms with Crippen LogP contribution in [-0.4, -0.2) is 50.3 Å². The summed E-state index contributed by atoms with van der Waals surface area (Å²) in [6.45, 7) is 13.8. The fourth-order valence-corrected chi connectivity index (χ4v) is 2.83. The predicted octanol–water partition coefficient (Wildman–Crippen LogP) is 1.73. The Morgan fingerprint density at radius 1 is 1.35 bits per heavy atom. The summed E-state index contributed by atoms with van der Waals surface area (Å²) < 4.78 is 5.48. The van der Waals surface area contributed by atoms with Crippen LogP contribution in [0.5, 0.6) is 0 Å². The van der Waals surface area contributed by atoms with Crippen LogP contribution in [0.25, 0.3) is 0 Å². The molecular weight excluding hydrogens is 212 g/mol. The highest BCUT2D eigenvalue weighted by Crippen LogP contribution is 2.23. The molecule has 100 valence electrons. The van der Waals surface area contributed by atoms with Gasteiger partial charge in [0.1, 0.15) is 0 Å². The van der Waals surface area contributed by atoms with Crippen molar-refractivity contribution < 1.29 is 4.74 Å². The van der Waals surface area contributed by atoms with Crippen molar-refractivity contribution in [3.05, 3.63) is 0 Å². The van der Waals surface area contributed by atoms with Crippen molar-refractivity contribution in [3.8, 4) is 0 Å². The first-order valence-corrected chi connectivity index (χ1v) is 7.09. The Bertz CT molecular complexity index is 231. The molecule has 2 aliphatic heterocycles. The molecule has 1 N–H and O–H groups in total. The number of nitrogens with one attached hydrogen (secondary N) is 1. The van der Waals surface area contributed by atoms with E-state index in [1.165, 1.54) is 39.0 Å². The van der Waals surface area contributed by atoms with E-state index in [9.17, 15) is 0 Å². The zero-order chi connectivity index (χ0) is 12.3. The normalized spacial score (nSPS) is 32.6. The molecule has 2 aliphatic rings. The van der Waals surface area contributed by atoms with Gasteiger partial charge in [-0.1, -0.05) is 20.8 Å². The highest BCUT2D eigenvalue weighted by atomic mass is 16.5. The third kappa shape index (κ3) is 3.94. The monoisotopic (exact) mass is 240 g/mol. The van der Waals surface area contributed by atoms with Gasteiger partial charge in [-0.05, 0) is 37.3 Å². The molecule has 17 heavy (non-hydrogen) atoms. The molecule has 0 amide bonds. The average molecular weight is 240 g/mol. The molecule has 0 saturated carbocycles. The minimum absolute atomic E-state index is 0.356. The van der Waals surface area contributed by atoms with Crippen LogP contribution in [0.4, 0.5) is 0 Å². The number of hydrogen-bond acceptors (Lipinski definition) is 3. The van der Waals surface area contributed by atoms with Crippen molar-refractivity contribution in [1.29, 1.82) is 0 Å². The predicted molar refractivity (Wildman–Crippen MR) is 71.2 cm³/mol. The van der Waals surface area contributed by atoms with Gasteiger partial charge in [-0.25, -0.2) is 0 Å². The van der Waals surface area contributed by atoms with Crippen molar-refractivity contribution >= 4 is 0 Å². The molecule has 0 aromatic carbocycles. The van der Waals surface area contributed by atoms with Gasteiger partial charge in [0.05, 0.1) is 6.61 Å². The van der Waals surface area contributed by atoms with E-state index in [0.717, 1.165) is 19.1 Å². The van der Waals surface area contributed by atoms with Gasteiger partial charge in [-0.3, -0.25) is 0 Å². The van der Waals surface area contributed by atoms with Gasteiger partial charge in [0.25, 0.3) is 0 Å². The molecule has 2 atom stereocenters. The van der Waals surface area contributed by atoms with Crippen LogP contribution in [0, 0.1) is 11.3 Å². The zero-order valence-corrected chi connectivity index (χ0v) is 11.7. The van der Waals surface area contributed by atoms with Crippen LogP contribution >= 0.6 is 0 Å². The summed E-state index contributed by atoms with van der Waals surface area (Å²) in [6, 6.07) is 0.618. The Morgan fingerprint density at radius 3 is 2.82 bits per heavy atom. The topological polar surface area (TPSA) is 24.5 Å². The fourth-order valence-electron chi connectivity index (χ4n) is 2.83. The number of ether oxygens (including phenoxy) is 1. The van der Waals surface area contributed by atoms with Crippen LogP contribution in [0.15, 0.2) is 0 Å². The van der Waals surface area contributed by atoms with E-state index in [4.69, 9.17) is 4.74 Å². The van der Waals surface area contributed by atoms with E-state index in [-0.39, 0.29) is 0 Å². The highest BCUT2D eigenvalue weighted by molar-refractivity contribution is 4.86. The van der Waals surface area contributed by atoms with Crippen LogP contribution < -0.4 is 5.32 Å². The molecule has 0 aliphatic carbocycles. The molecule has 0 spiro atoms. The minimum atomic E-state index is 0.356. The quantitative estimate of drug-likeness (QED) is 0.795. The van der Waals surface area contributed by atoms with E-state index < -0.39 is 0 Å². The lowest BCUT2D eigenvalue weighted by atomic mass is 9.86. The van der Waals surface area contributed by atoms with Gasteiger partial charge in [-0.15, -0.1) is 0 Å². The molecule has 2 heterocycles. The van der Waals surface area contributed by atoms with Crippen LogP contribution in [0.1, 0.15) is 33.6 Å². The molecule has 2 unspecified atom stereocenters. The van der Waals surface area contributed by atoms with E-state index in [2.05, 4.69) is 31.0 Å². The molecular formula is C14H28N2O. The largest absolute Gasteiger partial charge is 0.381 e. The maximum absolute atomic E-state index is 5.48. The van der Waals surface area contributed by atoms with Gasteiger partial charge < -0.3 is 15.0 Å². The summed E-state index contributed by atoms with van der Waals surface area (Å²) in [5.41, 5.74) is 0.356. The lowest BCUT2D eigenvalue weighted by Gasteiger charge is -2.34. The SMILES string of the molecule is CC(C)(C)C1CN(CC2CCOC2)CCCN1. The van der Waals surface area contributed by atoms with Crippen LogP contribution in [0.2, 0.25) is 0 Å². The van der Waals surface area contributed by atoms with E-state index in [0.29, 0.717) is 11.5 Å². The van der Waals surface area contributed by atoms with E-state index >= 15 is 0 Å². The van der Waals surface area contributed by atoms with Gasteiger partial charge in [0, 0.05) is 25.7 Å². The molecule has 2 fully saturated rings. The Morgan fingerprint density at radius 2 is 2.18 bits per heavy atom. The van der Waals surface area contributed by atoms with Crippen molar-refractivity contribution in [2.45, 2.75) is 39.7 Å². The third-order valence-electron chi connectivity index (χ3n) is 4.07. The maximum Gasteiger partial charge on any atom is 0.0507 e. The summed E-state index contributed by atoms with van der Waals surface area (Å²) in [5, 5.41) is 3.70. The van der Waals surface area contributed by atoms with Crippen molar-refractivity contribution in [2.75, 3.05) is 39.4 Å². The third-order valence-corrected chi connectivity index (χ3v) is 4.07. The molecule has 0 radical (unpaired) electrons. The first kappa shape index (κ1) is 13.3. The Balaban J connectivity index is 1.87. The van der Waals surface area contributed by atoms with Gasteiger partial charge in [0.2, 0.25) is 0 Å². The van der Waals surface area contributed by atoms with Gasteiger partial charge >= 0.3 is 0 Å². The number of hydrogen-bond donors (Lipinski definition) is 1. The molecule has 0 aromatic rings.